The van der Waals surface area contributed by atoms with E-state index in [4.69, 9.17) is 26.5 Å². The number of carbonyl (C=O) groups excluding carboxylic acids is 1. The second kappa shape index (κ2) is 7.45. The average Bonchev–Trinajstić information content (AvgIpc) is 2.91. The maximum atomic E-state index is 12.0. The number of anilines is 1. The van der Waals surface area contributed by atoms with Gasteiger partial charge in [-0.15, -0.1) is 0 Å². The number of ether oxygens (including phenoxy) is 2. The lowest BCUT2D eigenvalue weighted by Crippen LogP contribution is -2.24. The molecular formula is C18H17ClN4O3. The van der Waals surface area contributed by atoms with Gasteiger partial charge < -0.3 is 9.47 Å². The van der Waals surface area contributed by atoms with Crippen LogP contribution in [-0.4, -0.2) is 27.8 Å². The quantitative estimate of drug-likeness (QED) is 0.523. The SMILES string of the molecule is CC(C)OC(=O)Nc1nc2ccccc2n1C(=N)Oc1cccc(Cl)c1. The number of para-hydroxylation sites is 2. The zero-order valence-corrected chi connectivity index (χ0v) is 14.9. The van der Waals surface area contributed by atoms with E-state index in [-0.39, 0.29) is 18.1 Å². The average molecular weight is 373 g/mol. The molecule has 0 radical (unpaired) electrons. The predicted molar refractivity (Wildman–Crippen MR) is 100 cm³/mol. The van der Waals surface area contributed by atoms with Crippen molar-refractivity contribution in [3.05, 3.63) is 53.6 Å². The molecule has 0 atom stereocenters. The number of rotatable bonds is 3. The molecule has 0 aliphatic heterocycles. The van der Waals surface area contributed by atoms with E-state index >= 15 is 0 Å². The Kier molecular flexibility index (Phi) is 5.09. The van der Waals surface area contributed by atoms with E-state index in [9.17, 15) is 4.79 Å². The number of halogens is 1. The molecular weight excluding hydrogens is 356 g/mol. The fourth-order valence-electron chi connectivity index (χ4n) is 2.34. The summed E-state index contributed by atoms with van der Waals surface area (Å²) in [5.41, 5.74) is 1.21. The van der Waals surface area contributed by atoms with Crippen molar-refractivity contribution in [3.8, 4) is 5.75 Å². The lowest BCUT2D eigenvalue weighted by molar-refractivity contribution is 0.129. The number of amides is 1. The molecule has 0 saturated carbocycles. The Labute approximate surface area is 155 Å². The van der Waals surface area contributed by atoms with Gasteiger partial charge in [-0.3, -0.25) is 10.7 Å². The highest BCUT2D eigenvalue weighted by atomic mass is 35.5. The van der Waals surface area contributed by atoms with Crippen molar-refractivity contribution in [2.45, 2.75) is 20.0 Å². The molecule has 3 rings (SSSR count). The van der Waals surface area contributed by atoms with Gasteiger partial charge in [-0.2, -0.15) is 0 Å². The van der Waals surface area contributed by atoms with E-state index in [1.807, 2.05) is 12.1 Å². The molecule has 2 aromatic carbocycles. The largest absolute Gasteiger partial charge is 0.447 e. The molecule has 0 unspecified atom stereocenters. The summed E-state index contributed by atoms with van der Waals surface area (Å²) in [5, 5.41) is 11.4. The number of benzene rings is 2. The van der Waals surface area contributed by atoms with Crippen molar-refractivity contribution in [3.63, 3.8) is 0 Å². The molecule has 0 bridgehead atoms. The summed E-state index contributed by atoms with van der Waals surface area (Å²) in [6.07, 6.45) is -0.942. The van der Waals surface area contributed by atoms with Gasteiger partial charge in [0.25, 0.3) is 0 Å². The van der Waals surface area contributed by atoms with E-state index in [0.717, 1.165) is 0 Å². The summed E-state index contributed by atoms with van der Waals surface area (Å²) >= 11 is 5.95. The van der Waals surface area contributed by atoms with Crippen LogP contribution in [0.2, 0.25) is 5.02 Å². The second-order valence-corrected chi connectivity index (χ2v) is 6.14. The van der Waals surface area contributed by atoms with E-state index in [2.05, 4.69) is 10.3 Å². The van der Waals surface area contributed by atoms with Crippen molar-refractivity contribution < 1.29 is 14.3 Å². The van der Waals surface area contributed by atoms with Crippen LogP contribution in [0.1, 0.15) is 13.8 Å². The lowest BCUT2D eigenvalue weighted by atomic mass is 10.3. The van der Waals surface area contributed by atoms with Crippen LogP contribution in [0.25, 0.3) is 11.0 Å². The summed E-state index contributed by atoms with van der Waals surface area (Å²) in [4.78, 5) is 16.3. The normalized spacial score (nSPS) is 10.8. The van der Waals surface area contributed by atoms with Crippen molar-refractivity contribution in [2.75, 3.05) is 5.32 Å². The summed E-state index contributed by atoms with van der Waals surface area (Å²) in [7, 11) is 0. The van der Waals surface area contributed by atoms with Gasteiger partial charge in [0, 0.05) is 5.02 Å². The third kappa shape index (κ3) is 3.94. The standard InChI is InChI=1S/C18H17ClN4O3/c1-11(2)25-18(24)22-17-21-14-8-3-4-9-15(14)23(17)16(20)26-13-7-5-6-12(19)10-13/h3-11,20H,1-2H3,(H,21,22,24). The zero-order valence-electron chi connectivity index (χ0n) is 14.2. The van der Waals surface area contributed by atoms with E-state index < -0.39 is 6.09 Å². The number of nitrogens with zero attached hydrogens (tertiary/aromatic N) is 2. The van der Waals surface area contributed by atoms with Crippen LogP contribution in [0.15, 0.2) is 48.5 Å². The third-order valence-electron chi connectivity index (χ3n) is 3.33. The summed E-state index contributed by atoms with van der Waals surface area (Å²) < 4.78 is 12.1. The number of hydrogen-bond acceptors (Lipinski definition) is 5. The van der Waals surface area contributed by atoms with Crippen molar-refractivity contribution in [1.82, 2.24) is 9.55 Å². The predicted octanol–water partition coefficient (Wildman–Crippen LogP) is 4.51. The van der Waals surface area contributed by atoms with Gasteiger partial charge in [0.2, 0.25) is 5.95 Å². The monoisotopic (exact) mass is 372 g/mol. The Morgan fingerprint density at radius 3 is 2.73 bits per heavy atom. The van der Waals surface area contributed by atoms with Gasteiger partial charge in [-0.1, -0.05) is 29.8 Å². The second-order valence-electron chi connectivity index (χ2n) is 5.70. The maximum absolute atomic E-state index is 12.0. The van der Waals surface area contributed by atoms with E-state index in [1.165, 1.54) is 4.57 Å². The first-order valence-corrected chi connectivity index (χ1v) is 8.29. The first kappa shape index (κ1) is 17.8. The van der Waals surface area contributed by atoms with Crippen LogP contribution in [-0.2, 0) is 4.74 Å². The number of fused-ring (bicyclic) bond motifs is 1. The Morgan fingerprint density at radius 2 is 2.00 bits per heavy atom. The first-order valence-electron chi connectivity index (χ1n) is 7.91. The van der Waals surface area contributed by atoms with E-state index in [0.29, 0.717) is 21.8 Å². The van der Waals surface area contributed by atoms with Crippen LogP contribution in [0.4, 0.5) is 10.7 Å². The van der Waals surface area contributed by atoms with Gasteiger partial charge in [-0.25, -0.2) is 14.3 Å². The van der Waals surface area contributed by atoms with Gasteiger partial charge in [-0.05, 0) is 44.2 Å². The first-order chi connectivity index (χ1) is 12.4. The molecule has 3 aromatic rings. The van der Waals surface area contributed by atoms with Crippen LogP contribution in [0.5, 0.6) is 5.75 Å². The highest BCUT2D eigenvalue weighted by Gasteiger charge is 2.19. The molecule has 0 spiro atoms. The number of hydrogen-bond donors (Lipinski definition) is 2. The van der Waals surface area contributed by atoms with Crippen molar-refractivity contribution in [2.24, 2.45) is 0 Å². The van der Waals surface area contributed by atoms with E-state index in [1.54, 1.807) is 50.2 Å². The van der Waals surface area contributed by atoms with Crippen LogP contribution in [0, 0.1) is 5.41 Å². The van der Waals surface area contributed by atoms with Crippen LogP contribution >= 0.6 is 11.6 Å². The Balaban J connectivity index is 1.95. The zero-order chi connectivity index (χ0) is 18.7. The highest BCUT2D eigenvalue weighted by molar-refractivity contribution is 6.30. The molecule has 7 nitrogen and oxygen atoms in total. The fraction of sp³-hybridized carbons (Fsp3) is 0.167. The number of aromatic nitrogens is 2. The minimum atomic E-state index is -0.660. The minimum Gasteiger partial charge on any atom is -0.447 e. The molecule has 1 heterocycles. The molecule has 1 aromatic heterocycles. The van der Waals surface area contributed by atoms with Crippen molar-refractivity contribution >= 4 is 40.7 Å². The molecule has 0 saturated heterocycles. The highest BCUT2D eigenvalue weighted by Crippen LogP contribution is 2.22. The van der Waals surface area contributed by atoms with Gasteiger partial charge in [0.1, 0.15) is 5.75 Å². The van der Waals surface area contributed by atoms with Crippen LogP contribution < -0.4 is 10.1 Å². The van der Waals surface area contributed by atoms with Crippen molar-refractivity contribution in [1.29, 1.82) is 5.41 Å². The Morgan fingerprint density at radius 1 is 1.23 bits per heavy atom. The smallest absolute Gasteiger partial charge is 0.414 e. The summed E-state index contributed by atoms with van der Waals surface area (Å²) in [6.45, 7) is 3.49. The Hall–Kier alpha value is -3.06. The molecule has 8 heteroatoms. The maximum Gasteiger partial charge on any atom is 0.414 e. The summed E-state index contributed by atoms with van der Waals surface area (Å²) in [6, 6.07) is 13.6. The molecule has 1 amide bonds. The summed E-state index contributed by atoms with van der Waals surface area (Å²) in [5.74, 6) is 0.528. The number of imidazole rings is 1. The number of carbonyl (C=O) groups is 1. The van der Waals surface area contributed by atoms with Gasteiger partial charge >= 0.3 is 12.1 Å². The molecule has 0 fully saturated rings. The lowest BCUT2D eigenvalue weighted by Gasteiger charge is -2.13. The van der Waals surface area contributed by atoms with Gasteiger partial charge in [0.15, 0.2) is 0 Å². The van der Waals surface area contributed by atoms with Crippen LogP contribution in [0.3, 0.4) is 0 Å². The molecule has 0 aliphatic carbocycles. The molecule has 134 valence electrons. The van der Waals surface area contributed by atoms with Gasteiger partial charge in [0.05, 0.1) is 17.1 Å². The Bertz CT molecular complexity index is 968. The molecule has 0 aliphatic rings. The fourth-order valence-corrected chi connectivity index (χ4v) is 2.52. The molecule has 2 N–H and O–H groups in total. The molecule has 26 heavy (non-hydrogen) atoms. The number of nitrogens with one attached hydrogen (secondary N) is 2. The minimum absolute atomic E-state index is 0.129. The topological polar surface area (TPSA) is 89.2 Å². The third-order valence-corrected chi connectivity index (χ3v) is 3.57.